The molecule has 0 aliphatic carbocycles. The maximum absolute atomic E-state index is 4.60. The van der Waals surface area contributed by atoms with E-state index in [1.54, 1.807) is 0 Å². The van der Waals surface area contributed by atoms with E-state index < -0.39 is 0 Å². The fourth-order valence-corrected chi connectivity index (χ4v) is 3.08. The first kappa shape index (κ1) is 21.1. The zero-order valence-corrected chi connectivity index (χ0v) is 17.4. The van der Waals surface area contributed by atoms with Crippen molar-refractivity contribution in [2.24, 2.45) is 0 Å². The predicted molar refractivity (Wildman–Crippen MR) is 113 cm³/mol. The molecule has 3 aromatic heterocycles. The molecule has 0 fully saturated rings. The summed E-state index contributed by atoms with van der Waals surface area (Å²) in [4.78, 5) is 13.2. The number of hydrogen-bond donors (Lipinski definition) is 0. The summed E-state index contributed by atoms with van der Waals surface area (Å²) in [5.74, 6) is 0.828. The normalized spacial score (nSPS) is 10.7. The lowest BCUT2D eigenvalue weighted by molar-refractivity contribution is 0.624. The summed E-state index contributed by atoms with van der Waals surface area (Å²) in [6.45, 7) is 8.46. The Balaban J connectivity index is 0.000000279. The van der Waals surface area contributed by atoms with Gasteiger partial charge in [-0.15, -0.1) is 0 Å². The van der Waals surface area contributed by atoms with Crippen molar-refractivity contribution < 1.29 is 0 Å². The molecule has 0 N–H and O–H groups in total. The zero-order valence-electron chi connectivity index (χ0n) is 17.4. The Kier molecular flexibility index (Phi) is 8.96. The van der Waals surface area contributed by atoms with Crippen molar-refractivity contribution in [2.45, 2.75) is 79.1 Å². The highest BCUT2D eigenvalue weighted by molar-refractivity contribution is 5.39. The average molecular weight is 367 g/mol. The second-order valence-electron chi connectivity index (χ2n) is 7.14. The van der Waals surface area contributed by atoms with E-state index in [9.17, 15) is 0 Å². The van der Waals surface area contributed by atoms with E-state index in [-0.39, 0.29) is 0 Å². The van der Waals surface area contributed by atoms with Crippen LogP contribution in [0.4, 0.5) is 0 Å². The van der Waals surface area contributed by atoms with Crippen molar-refractivity contribution in [1.82, 2.24) is 19.4 Å². The van der Waals surface area contributed by atoms with Crippen molar-refractivity contribution in [2.75, 3.05) is 0 Å². The first-order valence-electron chi connectivity index (χ1n) is 10.4. The Labute approximate surface area is 164 Å². The molecule has 0 unspecified atom stereocenters. The smallest absolute Gasteiger partial charge is 0.136 e. The number of imidazole rings is 1. The molecule has 0 atom stereocenters. The van der Waals surface area contributed by atoms with Gasteiger partial charge in [0.2, 0.25) is 0 Å². The first-order valence-corrected chi connectivity index (χ1v) is 10.4. The third-order valence-corrected chi connectivity index (χ3v) is 4.72. The van der Waals surface area contributed by atoms with Crippen LogP contribution in [0.15, 0.2) is 36.8 Å². The van der Waals surface area contributed by atoms with Gasteiger partial charge in [-0.3, -0.25) is 0 Å². The van der Waals surface area contributed by atoms with Crippen molar-refractivity contribution in [3.8, 4) is 0 Å². The van der Waals surface area contributed by atoms with Crippen molar-refractivity contribution >= 4 is 5.65 Å². The molecule has 0 radical (unpaired) electrons. The second kappa shape index (κ2) is 11.5. The number of pyridine rings is 1. The highest BCUT2D eigenvalue weighted by Gasteiger charge is 2.05. The molecular formula is C23H34N4. The van der Waals surface area contributed by atoms with Gasteiger partial charge in [0.1, 0.15) is 11.5 Å². The predicted octanol–water partition coefficient (Wildman–Crippen LogP) is 5.89. The fraction of sp³-hybridized carbons (Fsp3) is 0.522. The molecule has 4 heteroatoms. The quantitative estimate of drug-likeness (QED) is 0.467. The third kappa shape index (κ3) is 7.12. The molecule has 0 saturated heterocycles. The molecule has 0 amide bonds. The van der Waals surface area contributed by atoms with E-state index in [1.807, 2.05) is 48.8 Å². The van der Waals surface area contributed by atoms with Gasteiger partial charge in [-0.1, -0.05) is 58.4 Å². The number of nitrogens with zero attached hydrogens (tertiary/aromatic N) is 4. The number of fused-ring (bicyclic) bond motifs is 1. The van der Waals surface area contributed by atoms with Crippen LogP contribution in [0.2, 0.25) is 0 Å². The summed E-state index contributed by atoms with van der Waals surface area (Å²) in [6.07, 6.45) is 16.4. The van der Waals surface area contributed by atoms with Crippen LogP contribution in [0.5, 0.6) is 0 Å². The Hall–Kier alpha value is -2.23. The van der Waals surface area contributed by atoms with Gasteiger partial charge >= 0.3 is 0 Å². The summed E-state index contributed by atoms with van der Waals surface area (Å²) in [6, 6.07) is 6.03. The summed E-state index contributed by atoms with van der Waals surface area (Å²) in [5, 5.41) is 0. The summed E-state index contributed by atoms with van der Waals surface area (Å²) < 4.78 is 2.05. The molecule has 0 bridgehead atoms. The Morgan fingerprint density at radius 3 is 2.26 bits per heavy atom. The van der Waals surface area contributed by atoms with E-state index >= 15 is 0 Å². The van der Waals surface area contributed by atoms with Crippen LogP contribution in [0.3, 0.4) is 0 Å². The van der Waals surface area contributed by atoms with Crippen molar-refractivity contribution in [3.63, 3.8) is 0 Å². The topological polar surface area (TPSA) is 43.1 Å². The van der Waals surface area contributed by atoms with Crippen LogP contribution >= 0.6 is 0 Å². The van der Waals surface area contributed by atoms with Gasteiger partial charge in [0.15, 0.2) is 0 Å². The summed E-state index contributed by atoms with van der Waals surface area (Å²) in [5.41, 5.74) is 4.36. The van der Waals surface area contributed by atoms with Gasteiger partial charge in [-0.25, -0.2) is 15.0 Å². The monoisotopic (exact) mass is 366 g/mol. The highest BCUT2D eigenvalue weighted by Crippen LogP contribution is 2.10. The molecule has 4 nitrogen and oxygen atoms in total. The molecular weight excluding hydrogens is 332 g/mol. The number of unbranched alkanes of at least 4 members (excludes halogenated alkanes) is 5. The van der Waals surface area contributed by atoms with E-state index in [2.05, 4.69) is 35.0 Å². The number of aromatic nitrogens is 4. The van der Waals surface area contributed by atoms with Gasteiger partial charge < -0.3 is 4.40 Å². The van der Waals surface area contributed by atoms with Crippen molar-refractivity contribution in [3.05, 3.63) is 59.6 Å². The van der Waals surface area contributed by atoms with Crippen LogP contribution < -0.4 is 0 Å². The molecule has 0 spiro atoms. The fourth-order valence-electron chi connectivity index (χ4n) is 3.08. The molecule has 3 heterocycles. The minimum absolute atomic E-state index is 0.828. The molecule has 0 aliphatic heterocycles. The van der Waals surface area contributed by atoms with Gasteiger partial charge in [0.25, 0.3) is 0 Å². The van der Waals surface area contributed by atoms with Gasteiger partial charge in [-0.05, 0) is 44.4 Å². The molecule has 27 heavy (non-hydrogen) atoms. The van der Waals surface area contributed by atoms with Crippen LogP contribution in [0.25, 0.3) is 5.65 Å². The number of rotatable bonds is 8. The maximum Gasteiger partial charge on any atom is 0.136 e. The van der Waals surface area contributed by atoms with Gasteiger partial charge in [0, 0.05) is 24.3 Å². The molecule has 3 aromatic rings. The first-order chi connectivity index (χ1) is 13.1. The van der Waals surface area contributed by atoms with Crippen molar-refractivity contribution in [1.29, 1.82) is 0 Å². The van der Waals surface area contributed by atoms with Crippen LogP contribution in [-0.4, -0.2) is 19.4 Å². The van der Waals surface area contributed by atoms with Crippen LogP contribution in [-0.2, 0) is 12.8 Å². The molecule has 0 aliphatic rings. The van der Waals surface area contributed by atoms with Gasteiger partial charge in [0.05, 0.1) is 5.69 Å². The molecule has 3 rings (SSSR count). The standard InChI is InChI=1S/C15H16N4.C8H18/c1-11-13(9-16-12(2)17-11)6-7-14-10-19-8-4-3-5-15(19)18-14;1-3-5-7-8-6-4-2/h3-5,8-10H,6-7H2,1-2H3;3-8H2,1-2H3. The molecule has 0 saturated carbocycles. The lowest BCUT2D eigenvalue weighted by Gasteiger charge is -2.03. The Morgan fingerprint density at radius 2 is 1.63 bits per heavy atom. The van der Waals surface area contributed by atoms with E-state index in [0.29, 0.717) is 0 Å². The Morgan fingerprint density at radius 1 is 0.889 bits per heavy atom. The lowest BCUT2D eigenvalue weighted by atomic mass is 10.1. The molecule has 0 aromatic carbocycles. The largest absolute Gasteiger partial charge is 0.307 e. The SMILES string of the molecule is CCCCCCCC.Cc1ncc(CCc2cn3ccccc3n2)c(C)n1. The third-order valence-electron chi connectivity index (χ3n) is 4.72. The minimum Gasteiger partial charge on any atom is -0.307 e. The highest BCUT2D eigenvalue weighted by atomic mass is 15.0. The second-order valence-corrected chi connectivity index (χ2v) is 7.14. The minimum atomic E-state index is 0.828. The molecule has 146 valence electrons. The number of hydrogen-bond acceptors (Lipinski definition) is 3. The van der Waals surface area contributed by atoms with E-state index in [0.717, 1.165) is 35.7 Å². The number of aryl methyl sites for hydroxylation is 4. The average Bonchev–Trinajstić information content (AvgIpc) is 3.08. The van der Waals surface area contributed by atoms with E-state index in [4.69, 9.17) is 0 Å². The van der Waals surface area contributed by atoms with E-state index in [1.165, 1.54) is 44.1 Å². The van der Waals surface area contributed by atoms with Crippen LogP contribution in [0.1, 0.15) is 75.1 Å². The zero-order chi connectivity index (χ0) is 19.5. The summed E-state index contributed by atoms with van der Waals surface area (Å²) >= 11 is 0. The van der Waals surface area contributed by atoms with Gasteiger partial charge in [-0.2, -0.15) is 0 Å². The maximum atomic E-state index is 4.60. The summed E-state index contributed by atoms with van der Waals surface area (Å²) in [7, 11) is 0. The lowest BCUT2D eigenvalue weighted by Crippen LogP contribution is -2.00. The van der Waals surface area contributed by atoms with Crippen LogP contribution in [0, 0.1) is 13.8 Å². The Bertz CT molecular complexity index is 768.